The Morgan fingerprint density at radius 1 is 1.06 bits per heavy atom. The quantitative estimate of drug-likeness (QED) is 0.575. The SMILES string of the molecule is COc1ccc(S(=O)(=O)N2CCC[C@@H](C(=O)NCCC(=O)Nc3cccc(OC)c3)C2)cc1. The van der Waals surface area contributed by atoms with Gasteiger partial charge in [-0.05, 0) is 49.2 Å². The van der Waals surface area contributed by atoms with Crippen molar-refractivity contribution in [3.05, 3.63) is 48.5 Å². The predicted molar refractivity (Wildman–Crippen MR) is 124 cm³/mol. The van der Waals surface area contributed by atoms with E-state index in [1.807, 2.05) is 0 Å². The highest BCUT2D eigenvalue weighted by atomic mass is 32.2. The summed E-state index contributed by atoms with van der Waals surface area (Å²) >= 11 is 0. The molecule has 2 aromatic carbocycles. The number of rotatable bonds is 9. The van der Waals surface area contributed by atoms with Gasteiger partial charge in [0, 0.05) is 37.8 Å². The van der Waals surface area contributed by atoms with E-state index in [0.717, 1.165) is 0 Å². The van der Waals surface area contributed by atoms with Crippen LogP contribution in [-0.4, -0.2) is 58.4 Å². The van der Waals surface area contributed by atoms with Crippen LogP contribution in [0.2, 0.25) is 0 Å². The zero-order valence-corrected chi connectivity index (χ0v) is 19.6. The van der Waals surface area contributed by atoms with Gasteiger partial charge < -0.3 is 20.1 Å². The molecule has 1 saturated heterocycles. The summed E-state index contributed by atoms with van der Waals surface area (Å²) in [4.78, 5) is 24.9. The summed E-state index contributed by atoms with van der Waals surface area (Å²) in [5.41, 5.74) is 0.609. The topological polar surface area (TPSA) is 114 Å². The lowest BCUT2D eigenvalue weighted by Crippen LogP contribution is -2.45. The molecular weight excluding hydrogens is 446 g/mol. The fourth-order valence-corrected chi connectivity index (χ4v) is 5.16. The van der Waals surface area contributed by atoms with Crippen molar-refractivity contribution in [1.82, 2.24) is 9.62 Å². The third-order valence-corrected chi connectivity index (χ3v) is 7.34. The molecule has 2 N–H and O–H groups in total. The number of benzene rings is 2. The Morgan fingerprint density at radius 2 is 1.79 bits per heavy atom. The van der Waals surface area contributed by atoms with Gasteiger partial charge in [0.2, 0.25) is 21.8 Å². The predicted octanol–water partition coefficient (Wildman–Crippen LogP) is 2.25. The molecule has 1 fully saturated rings. The fourth-order valence-electron chi connectivity index (χ4n) is 3.64. The summed E-state index contributed by atoms with van der Waals surface area (Å²) < 4.78 is 37.5. The van der Waals surface area contributed by atoms with Gasteiger partial charge >= 0.3 is 0 Å². The summed E-state index contributed by atoms with van der Waals surface area (Å²) in [6, 6.07) is 13.2. The molecule has 0 radical (unpaired) electrons. The number of sulfonamides is 1. The molecule has 2 amide bonds. The summed E-state index contributed by atoms with van der Waals surface area (Å²) in [6.07, 6.45) is 1.28. The highest BCUT2D eigenvalue weighted by Crippen LogP contribution is 2.25. The van der Waals surface area contributed by atoms with Gasteiger partial charge in [0.1, 0.15) is 11.5 Å². The number of ether oxygens (including phenoxy) is 2. The standard InChI is InChI=1S/C23H29N3O6S/c1-31-19-8-10-21(11-9-19)33(29,30)26-14-4-5-17(16-26)23(28)24-13-12-22(27)25-18-6-3-7-20(15-18)32-2/h3,6-11,15,17H,4-5,12-14,16H2,1-2H3,(H,24,28)(H,25,27)/t17-/m1/s1. The number of methoxy groups -OCH3 is 2. The molecule has 10 heteroatoms. The van der Waals surface area contributed by atoms with Crippen LogP contribution < -0.4 is 20.1 Å². The molecule has 178 valence electrons. The zero-order valence-electron chi connectivity index (χ0n) is 18.7. The van der Waals surface area contributed by atoms with E-state index >= 15 is 0 Å². The number of hydrogen-bond acceptors (Lipinski definition) is 6. The number of amides is 2. The van der Waals surface area contributed by atoms with Crippen molar-refractivity contribution >= 4 is 27.5 Å². The first kappa shape index (κ1) is 24.5. The van der Waals surface area contributed by atoms with Crippen LogP contribution in [0.25, 0.3) is 0 Å². The normalized spacial score (nSPS) is 16.6. The van der Waals surface area contributed by atoms with Crippen LogP contribution >= 0.6 is 0 Å². The second-order valence-corrected chi connectivity index (χ2v) is 9.64. The minimum Gasteiger partial charge on any atom is -0.497 e. The Balaban J connectivity index is 1.50. The average Bonchev–Trinajstić information content (AvgIpc) is 2.84. The second kappa shape index (κ2) is 11.2. The van der Waals surface area contributed by atoms with E-state index in [-0.39, 0.29) is 36.2 Å². The van der Waals surface area contributed by atoms with Crippen molar-refractivity contribution in [2.24, 2.45) is 5.92 Å². The number of nitrogens with one attached hydrogen (secondary N) is 2. The largest absolute Gasteiger partial charge is 0.497 e. The fraction of sp³-hybridized carbons (Fsp3) is 0.391. The first-order chi connectivity index (χ1) is 15.8. The van der Waals surface area contributed by atoms with Gasteiger partial charge in [-0.1, -0.05) is 6.07 Å². The molecule has 0 unspecified atom stereocenters. The summed E-state index contributed by atoms with van der Waals surface area (Å²) in [5, 5.41) is 5.51. The van der Waals surface area contributed by atoms with Crippen LogP contribution in [0, 0.1) is 5.92 Å². The maximum absolute atomic E-state index is 13.0. The third-order valence-electron chi connectivity index (χ3n) is 5.46. The molecule has 1 aliphatic heterocycles. The van der Waals surface area contributed by atoms with Gasteiger partial charge in [-0.25, -0.2) is 8.42 Å². The van der Waals surface area contributed by atoms with Gasteiger partial charge in [-0.2, -0.15) is 4.31 Å². The van der Waals surface area contributed by atoms with Crippen molar-refractivity contribution in [2.75, 3.05) is 39.2 Å². The van der Waals surface area contributed by atoms with E-state index in [9.17, 15) is 18.0 Å². The lowest BCUT2D eigenvalue weighted by molar-refractivity contribution is -0.126. The number of nitrogens with zero attached hydrogens (tertiary/aromatic N) is 1. The van der Waals surface area contributed by atoms with E-state index in [1.54, 1.807) is 43.5 Å². The molecular formula is C23H29N3O6S. The number of piperidine rings is 1. The molecule has 0 spiro atoms. The van der Waals surface area contributed by atoms with Gasteiger partial charge in [-0.15, -0.1) is 0 Å². The summed E-state index contributed by atoms with van der Waals surface area (Å²) in [5.74, 6) is 0.246. The number of anilines is 1. The molecule has 3 rings (SSSR count). The van der Waals surface area contributed by atoms with Crippen LogP contribution in [0.4, 0.5) is 5.69 Å². The number of carbonyl (C=O) groups is 2. The molecule has 2 aromatic rings. The van der Waals surface area contributed by atoms with Crippen molar-refractivity contribution in [2.45, 2.75) is 24.2 Å². The Bertz CT molecular complexity index is 1070. The summed E-state index contributed by atoms with van der Waals surface area (Å²) in [7, 11) is -0.644. The highest BCUT2D eigenvalue weighted by molar-refractivity contribution is 7.89. The maximum Gasteiger partial charge on any atom is 0.243 e. The zero-order chi connectivity index (χ0) is 23.8. The van der Waals surface area contributed by atoms with Crippen LogP contribution in [0.5, 0.6) is 11.5 Å². The van der Waals surface area contributed by atoms with E-state index < -0.39 is 15.9 Å². The Hall–Kier alpha value is -3.11. The molecule has 0 aliphatic carbocycles. The van der Waals surface area contributed by atoms with Crippen molar-refractivity contribution in [3.63, 3.8) is 0 Å². The average molecular weight is 476 g/mol. The highest BCUT2D eigenvalue weighted by Gasteiger charge is 2.33. The van der Waals surface area contributed by atoms with Crippen molar-refractivity contribution in [3.8, 4) is 11.5 Å². The van der Waals surface area contributed by atoms with Gasteiger partial charge in [0.05, 0.1) is 25.0 Å². The van der Waals surface area contributed by atoms with Crippen LogP contribution in [-0.2, 0) is 19.6 Å². The third kappa shape index (κ3) is 6.45. The number of hydrogen-bond donors (Lipinski definition) is 2. The molecule has 0 saturated carbocycles. The first-order valence-electron chi connectivity index (χ1n) is 10.7. The first-order valence-corrected chi connectivity index (χ1v) is 12.1. The number of carbonyl (C=O) groups excluding carboxylic acids is 2. The maximum atomic E-state index is 13.0. The molecule has 1 atom stereocenters. The molecule has 9 nitrogen and oxygen atoms in total. The smallest absolute Gasteiger partial charge is 0.243 e. The van der Waals surface area contributed by atoms with E-state index in [0.29, 0.717) is 36.6 Å². The van der Waals surface area contributed by atoms with Crippen molar-refractivity contribution in [1.29, 1.82) is 0 Å². The Labute approximate surface area is 194 Å². The molecule has 0 aromatic heterocycles. The minimum atomic E-state index is -3.70. The van der Waals surface area contributed by atoms with Crippen LogP contribution in [0.3, 0.4) is 0 Å². The monoisotopic (exact) mass is 475 g/mol. The lowest BCUT2D eigenvalue weighted by atomic mass is 9.99. The molecule has 0 bridgehead atoms. The Morgan fingerprint density at radius 3 is 2.48 bits per heavy atom. The molecule has 1 aliphatic rings. The summed E-state index contributed by atoms with van der Waals surface area (Å²) in [6.45, 7) is 0.633. The molecule has 1 heterocycles. The van der Waals surface area contributed by atoms with Crippen LogP contribution in [0.1, 0.15) is 19.3 Å². The van der Waals surface area contributed by atoms with E-state index in [4.69, 9.17) is 9.47 Å². The van der Waals surface area contributed by atoms with E-state index in [1.165, 1.54) is 23.5 Å². The van der Waals surface area contributed by atoms with Crippen molar-refractivity contribution < 1.29 is 27.5 Å². The second-order valence-electron chi connectivity index (χ2n) is 7.70. The molecule has 33 heavy (non-hydrogen) atoms. The van der Waals surface area contributed by atoms with Crippen LogP contribution in [0.15, 0.2) is 53.4 Å². The van der Waals surface area contributed by atoms with Gasteiger partial charge in [0.15, 0.2) is 0 Å². The van der Waals surface area contributed by atoms with E-state index in [2.05, 4.69) is 10.6 Å². The minimum absolute atomic E-state index is 0.101. The lowest BCUT2D eigenvalue weighted by Gasteiger charge is -2.31. The van der Waals surface area contributed by atoms with Gasteiger partial charge in [0.25, 0.3) is 0 Å². The Kier molecular flexibility index (Phi) is 8.29. The van der Waals surface area contributed by atoms with Gasteiger partial charge in [-0.3, -0.25) is 9.59 Å².